The van der Waals surface area contributed by atoms with E-state index in [1.54, 1.807) is 32.7 Å². The van der Waals surface area contributed by atoms with E-state index in [2.05, 4.69) is 23.4 Å². The maximum Gasteiger partial charge on any atom is 0.143 e. The summed E-state index contributed by atoms with van der Waals surface area (Å²) >= 11 is 0. The molecule has 2 heterocycles. The first-order chi connectivity index (χ1) is 16.7. The molecule has 2 atom stereocenters. The second-order valence-corrected chi connectivity index (χ2v) is 9.06. The van der Waals surface area contributed by atoms with Gasteiger partial charge in [0.25, 0.3) is 0 Å². The van der Waals surface area contributed by atoms with Crippen molar-refractivity contribution < 1.29 is 18.6 Å². The van der Waals surface area contributed by atoms with Crippen molar-refractivity contribution in [2.45, 2.75) is 32.4 Å². The third-order valence-corrected chi connectivity index (χ3v) is 6.36. The highest BCUT2D eigenvalue weighted by molar-refractivity contribution is 5.62. The van der Waals surface area contributed by atoms with E-state index in [-0.39, 0.29) is 11.9 Å². The van der Waals surface area contributed by atoms with Crippen molar-refractivity contribution in [1.82, 2.24) is 14.5 Å². The topological polar surface area (TPSA) is 48.8 Å². The molecule has 3 aromatic rings. The van der Waals surface area contributed by atoms with E-state index in [4.69, 9.17) is 14.2 Å². The zero-order valence-electron chi connectivity index (χ0n) is 20.9. The van der Waals surface area contributed by atoms with Crippen molar-refractivity contribution in [1.29, 1.82) is 0 Å². The molecule has 1 aliphatic heterocycles. The van der Waals surface area contributed by atoms with Gasteiger partial charge in [-0.3, -0.25) is 0 Å². The molecule has 0 saturated carbocycles. The number of methoxy groups -OCH3 is 2. The number of aryl methyl sites for hydroxylation is 1. The molecule has 0 spiro atoms. The fraction of sp³-hybridized carbons (Fsp3) is 0.321. The Bertz CT molecular complexity index is 1230. The number of morpholine rings is 1. The van der Waals surface area contributed by atoms with Crippen molar-refractivity contribution in [2.75, 3.05) is 27.4 Å². The highest BCUT2D eigenvalue weighted by atomic mass is 19.1. The lowest BCUT2D eigenvalue weighted by atomic mass is 9.89. The smallest absolute Gasteiger partial charge is 0.143 e. The van der Waals surface area contributed by atoms with Gasteiger partial charge in [-0.1, -0.05) is 24.8 Å². The number of hydrogen-bond donors (Lipinski definition) is 0. The number of imidazole rings is 1. The van der Waals surface area contributed by atoms with Crippen LogP contribution in [0.5, 0.6) is 5.75 Å². The van der Waals surface area contributed by atoms with Crippen LogP contribution in [0.2, 0.25) is 0 Å². The minimum Gasteiger partial charge on any atom is -0.495 e. The normalized spacial score (nSPS) is 18.9. The molecule has 1 fully saturated rings. The van der Waals surface area contributed by atoms with Gasteiger partial charge in [0.15, 0.2) is 0 Å². The molecule has 0 radical (unpaired) electrons. The predicted molar refractivity (Wildman–Crippen MR) is 135 cm³/mol. The van der Waals surface area contributed by atoms with E-state index in [1.165, 1.54) is 12.1 Å². The third kappa shape index (κ3) is 4.95. The van der Waals surface area contributed by atoms with E-state index >= 15 is 0 Å². The summed E-state index contributed by atoms with van der Waals surface area (Å²) in [5, 5.41) is 0. The van der Waals surface area contributed by atoms with Gasteiger partial charge >= 0.3 is 0 Å². The molecule has 7 heteroatoms. The molecule has 4 rings (SSSR count). The molecule has 35 heavy (non-hydrogen) atoms. The first-order valence-corrected chi connectivity index (χ1v) is 11.5. The number of benzene rings is 2. The van der Waals surface area contributed by atoms with Gasteiger partial charge < -0.3 is 23.7 Å². The Hall–Kier alpha value is -3.58. The SMILES string of the molecule is C=C1/C(=C/c2ccc(-n3cnc(C)c3)c(OC)c2)OC(C)CN1C(C)(COC)c1ccc(F)cc1. The first kappa shape index (κ1) is 24.5. The van der Waals surface area contributed by atoms with Crippen LogP contribution in [0.25, 0.3) is 11.8 Å². The van der Waals surface area contributed by atoms with Gasteiger partial charge in [0, 0.05) is 13.3 Å². The minimum atomic E-state index is -0.558. The number of nitrogens with zero attached hydrogens (tertiary/aromatic N) is 3. The highest BCUT2D eigenvalue weighted by Gasteiger charge is 2.39. The van der Waals surface area contributed by atoms with Gasteiger partial charge in [-0.25, -0.2) is 9.37 Å². The average Bonchev–Trinajstić information content (AvgIpc) is 3.27. The quantitative estimate of drug-likeness (QED) is 0.452. The molecule has 0 amide bonds. The Labute approximate surface area is 206 Å². The minimum absolute atomic E-state index is 0.0847. The standard InChI is InChI=1S/C28H32FN3O3/c1-19-15-31(18-30-19)25-12-7-22(14-27(25)34-6)13-26-21(3)32(16-20(2)35-26)28(4,17-33-5)23-8-10-24(29)11-9-23/h7-15,18,20H,3,16-17H2,1-2,4-6H3/b26-13-. The number of rotatable bonds is 7. The summed E-state index contributed by atoms with van der Waals surface area (Å²) in [5.74, 6) is 1.12. The Morgan fingerprint density at radius 3 is 2.60 bits per heavy atom. The Kier molecular flexibility index (Phi) is 6.98. The lowest BCUT2D eigenvalue weighted by molar-refractivity contribution is -0.0203. The fourth-order valence-electron chi connectivity index (χ4n) is 4.55. The molecule has 0 N–H and O–H groups in total. The average molecular weight is 478 g/mol. The van der Waals surface area contributed by atoms with E-state index in [1.807, 2.05) is 48.9 Å². The van der Waals surface area contributed by atoms with Crippen LogP contribution in [-0.4, -0.2) is 47.9 Å². The van der Waals surface area contributed by atoms with Crippen LogP contribution in [0.4, 0.5) is 4.39 Å². The van der Waals surface area contributed by atoms with Crippen molar-refractivity contribution >= 4 is 6.08 Å². The van der Waals surface area contributed by atoms with Crippen molar-refractivity contribution in [3.8, 4) is 11.4 Å². The lowest BCUT2D eigenvalue weighted by Gasteiger charge is -2.48. The van der Waals surface area contributed by atoms with Gasteiger partial charge in [0.1, 0.15) is 23.4 Å². The maximum absolute atomic E-state index is 13.6. The molecule has 1 aliphatic rings. The summed E-state index contributed by atoms with van der Waals surface area (Å²) in [5.41, 5.74) is 3.87. The molecule has 0 aliphatic carbocycles. The van der Waals surface area contributed by atoms with Crippen molar-refractivity contribution in [3.63, 3.8) is 0 Å². The maximum atomic E-state index is 13.6. The molecule has 0 bridgehead atoms. The number of ether oxygens (including phenoxy) is 3. The molecule has 1 saturated heterocycles. The number of hydrogen-bond acceptors (Lipinski definition) is 5. The van der Waals surface area contributed by atoms with Gasteiger partial charge in [0.05, 0.1) is 49.2 Å². The molecule has 2 unspecified atom stereocenters. The Balaban J connectivity index is 1.69. The first-order valence-electron chi connectivity index (χ1n) is 11.5. The van der Waals surface area contributed by atoms with Crippen LogP contribution < -0.4 is 4.74 Å². The van der Waals surface area contributed by atoms with Crippen LogP contribution in [0, 0.1) is 12.7 Å². The van der Waals surface area contributed by atoms with Gasteiger partial charge in [-0.2, -0.15) is 0 Å². The second-order valence-electron chi connectivity index (χ2n) is 9.06. The summed E-state index contributed by atoms with van der Waals surface area (Å²) in [6, 6.07) is 12.5. The zero-order valence-corrected chi connectivity index (χ0v) is 20.9. The van der Waals surface area contributed by atoms with Crippen LogP contribution >= 0.6 is 0 Å². The van der Waals surface area contributed by atoms with Crippen LogP contribution in [-0.2, 0) is 15.0 Å². The lowest BCUT2D eigenvalue weighted by Crippen LogP contribution is -2.52. The molecular weight excluding hydrogens is 445 g/mol. The van der Waals surface area contributed by atoms with Gasteiger partial charge in [-0.05, 0) is 62.2 Å². The zero-order chi connectivity index (χ0) is 25.2. The van der Waals surface area contributed by atoms with Crippen LogP contribution in [0.3, 0.4) is 0 Å². The van der Waals surface area contributed by atoms with E-state index in [0.29, 0.717) is 18.9 Å². The van der Waals surface area contributed by atoms with Gasteiger partial charge in [-0.15, -0.1) is 0 Å². The largest absolute Gasteiger partial charge is 0.495 e. The van der Waals surface area contributed by atoms with Crippen LogP contribution in [0.1, 0.15) is 30.7 Å². The fourth-order valence-corrected chi connectivity index (χ4v) is 4.55. The number of halogens is 1. The monoisotopic (exact) mass is 477 g/mol. The Morgan fingerprint density at radius 2 is 1.97 bits per heavy atom. The van der Waals surface area contributed by atoms with Crippen molar-refractivity contribution in [2.24, 2.45) is 0 Å². The second kappa shape index (κ2) is 9.96. The van der Waals surface area contributed by atoms with Crippen LogP contribution in [0.15, 0.2) is 73.0 Å². The summed E-state index contributed by atoms with van der Waals surface area (Å²) in [6.45, 7) is 11.4. The van der Waals surface area contributed by atoms with Crippen molar-refractivity contribution in [3.05, 3.63) is 95.7 Å². The van der Waals surface area contributed by atoms with E-state index < -0.39 is 5.54 Å². The molecule has 184 valence electrons. The summed E-state index contributed by atoms with van der Waals surface area (Å²) in [7, 11) is 3.32. The highest BCUT2D eigenvalue weighted by Crippen LogP contribution is 2.38. The molecular formula is C28H32FN3O3. The summed E-state index contributed by atoms with van der Waals surface area (Å²) in [4.78, 5) is 6.49. The molecule has 1 aromatic heterocycles. The molecule has 2 aromatic carbocycles. The number of aromatic nitrogens is 2. The summed E-state index contributed by atoms with van der Waals surface area (Å²) in [6.07, 6.45) is 5.60. The van der Waals surface area contributed by atoms with Gasteiger partial charge in [0.2, 0.25) is 0 Å². The van der Waals surface area contributed by atoms with E-state index in [9.17, 15) is 4.39 Å². The Morgan fingerprint density at radius 1 is 1.23 bits per heavy atom. The van der Waals surface area contributed by atoms with E-state index in [0.717, 1.165) is 34.0 Å². The predicted octanol–water partition coefficient (Wildman–Crippen LogP) is 5.47. The molecule has 6 nitrogen and oxygen atoms in total. The summed E-state index contributed by atoms with van der Waals surface area (Å²) < 4.78 is 33.1. The third-order valence-electron chi connectivity index (χ3n) is 6.36.